The van der Waals surface area contributed by atoms with Crippen LogP contribution in [-0.4, -0.2) is 19.6 Å². The Labute approximate surface area is 122 Å². The molecule has 2 heterocycles. The quantitative estimate of drug-likeness (QED) is 0.921. The van der Waals surface area contributed by atoms with Crippen LogP contribution in [0.4, 0.5) is 14.5 Å². The highest BCUT2D eigenvalue weighted by molar-refractivity contribution is 5.85. The van der Waals surface area contributed by atoms with Gasteiger partial charge in [-0.2, -0.15) is 19.0 Å². The molecule has 2 aromatic heterocycles. The lowest BCUT2D eigenvalue weighted by Crippen LogP contribution is -2.01. The highest BCUT2D eigenvalue weighted by atomic mass is 35.5. The Morgan fingerprint density at radius 1 is 1.25 bits per heavy atom. The van der Waals surface area contributed by atoms with Crippen LogP contribution in [0.5, 0.6) is 0 Å². The second-order valence-corrected chi connectivity index (χ2v) is 4.66. The van der Waals surface area contributed by atoms with Crippen molar-refractivity contribution in [2.24, 2.45) is 0 Å². The van der Waals surface area contributed by atoms with Gasteiger partial charge in [0.2, 0.25) is 0 Å². The molecule has 20 heavy (non-hydrogen) atoms. The largest absolute Gasteiger partial charge is 0.378 e. The highest BCUT2D eigenvalue weighted by Crippen LogP contribution is 2.18. The summed E-state index contributed by atoms with van der Waals surface area (Å²) in [6.07, 6.45) is 5.01. The van der Waals surface area contributed by atoms with Gasteiger partial charge in [-0.05, 0) is 20.8 Å². The Bertz CT molecular complexity index is 550. The number of aromatic nitrogens is 4. The molecule has 112 valence electrons. The molecular weight excluding hydrogens is 288 g/mol. The molecule has 0 atom stereocenters. The molecular formula is C12H18ClF2N5. The molecule has 0 radical (unpaired) electrons. The number of alkyl halides is 2. The van der Waals surface area contributed by atoms with Gasteiger partial charge in [-0.25, -0.2) is 4.68 Å². The van der Waals surface area contributed by atoms with Crippen LogP contribution in [0.3, 0.4) is 0 Å². The molecule has 2 aromatic rings. The van der Waals surface area contributed by atoms with Crippen molar-refractivity contribution in [3.05, 3.63) is 29.8 Å². The Hall–Kier alpha value is -1.63. The molecule has 8 heteroatoms. The molecule has 0 aliphatic heterocycles. The summed E-state index contributed by atoms with van der Waals surface area (Å²) < 4.78 is 27.5. The SMILES string of the molecule is Cc1nn(C(F)F)cc1NCc1cnn(C(C)C)c1.Cl. The zero-order valence-corrected chi connectivity index (χ0v) is 12.4. The van der Waals surface area contributed by atoms with Gasteiger partial charge in [0.15, 0.2) is 0 Å². The van der Waals surface area contributed by atoms with Gasteiger partial charge >= 0.3 is 6.55 Å². The van der Waals surface area contributed by atoms with Crippen LogP contribution in [0.2, 0.25) is 0 Å². The fraction of sp³-hybridized carbons (Fsp3) is 0.500. The van der Waals surface area contributed by atoms with Gasteiger partial charge in [0.05, 0.1) is 23.8 Å². The first-order valence-electron chi connectivity index (χ1n) is 6.08. The average molecular weight is 306 g/mol. The van der Waals surface area contributed by atoms with Crippen LogP contribution in [0, 0.1) is 6.92 Å². The number of rotatable bonds is 5. The Morgan fingerprint density at radius 3 is 2.45 bits per heavy atom. The van der Waals surface area contributed by atoms with Crippen LogP contribution in [0.25, 0.3) is 0 Å². The summed E-state index contributed by atoms with van der Waals surface area (Å²) in [5.41, 5.74) is 2.16. The second kappa shape index (κ2) is 6.69. The van der Waals surface area contributed by atoms with Crippen LogP contribution < -0.4 is 5.32 Å². The Balaban J connectivity index is 0.00000200. The van der Waals surface area contributed by atoms with E-state index in [0.717, 1.165) is 5.56 Å². The van der Waals surface area contributed by atoms with Gasteiger partial charge in [-0.15, -0.1) is 12.4 Å². The molecule has 0 aromatic carbocycles. The maximum absolute atomic E-state index is 12.5. The van der Waals surface area contributed by atoms with E-state index < -0.39 is 6.55 Å². The van der Waals surface area contributed by atoms with Crippen molar-refractivity contribution in [1.29, 1.82) is 0 Å². The van der Waals surface area contributed by atoms with Crippen LogP contribution in [-0.2, 0) is 6.54 Å². The van der Waals surface area contributed by atoms with Crippen molar-refractivity contribution in [3.63, 3.8) is 0 Å². The summed E-state index contributed by atoms with van der Waals surface area (Å²) in [5, 5.41) is 11.0. The normalized spacial score (nSPS) is 10.9. The predicted molar refractivity (Wildman–Crippen MR) is 75.4 cm³/mol. The smallest absolute Gasteiger partial charge is 0.333 e. The fourth-order valence-corrected chi connectivity index (χ4v) is 1.70. The van der Waals surface area contributed by atoms with Crippen molar-refractivity contribution >= 4 is 18.1 Å². The van der Waals surface area contributed by atoms with Gasteiger partial charge < -0.3 is 5.32 Å². The number of halogens is 3. The van der Waals surface area contributed by atoms with E-state index in [4.69, 9.17) is 0 Å². The Morgan fingerprint density at radius 2 is 1.95 bits per heavy atom. The third-order valence-electron chi connectivity index (χ3n) is 2.78. The lowest BCUT2D eigenvalue weighted by molar-refractivity contribution is 0.0563. The van der Waals surface area contributed by atoms with E-state index >= 15 is 0 Å². The fourth-order valence-electron chi connectivity index (χ4n) is 1.70. The monoisotopic (exact) mass is 305 g/mol. The molecule has 0 aliphatic rings. The van der Waals surface area contributed by atoms with Crippen molar-refractivity contribution in [2.75, 3.05) is 5.32 Å². The van der Waals surface area contributed by atoms with E-state index in [-0.39, 0.29) is 12.4 Å². The predicted octanol–water partition coefficient (Wildman–Crippen LogP) is 3.40. The van der Waals surface area contributed by atoms with Crippen molar-refractivity contribution < 1.29 is 8.78 Å². The maximum atomic E-state index is 12.5. The molecule has 1 N–H and O–H groups in total. The molecule has 0 saturated carbocycles. The van der Waals surface area contributed by atoms with E-state index in [1.54, 1.807) is 13.1 Å². The summed E-state index contributed by atoms with van der Waals surface area (Å²) in [5.74, 6) is 0. The highest BCUT2D eigenvalue weighted by Gasteiger charge is 2.11. The van der Waals surface area contributed by atoms with E-state index in [1.165, 1.54) is 6.20 Å². The second-order valence-electron chi connectivity index (χ2n) is 4.66. The van der Waals surface area contributed by atoms with E-state index in [1.807, 2.05) is 24.7 Å². The van der Waals surface area contributed by atoms with Crippen molar-refractivity contribution in [3.8, 4) is 0 Å². The molecule has 5 nitrogen and oxygen atoms in total. The van der Waals surface area contributed by atoms with Crippen molar-refractivity contribution in [2.45, 2.75) is 39.9 Å². The standard InChI is InChI=1S/C12H17F2N5.ClH/c1-8(2)18-6-10(5-16-18)4-15-11-7-19(12(13)14)17-9(11)3;/h5-8,12,15H,4H2,1-3H3;1H. The van der Waals surface area contributed by atoms with Gasteiger partial charge in [0.25, 0.3) is 0 Å². The number of nitrogens with zero attached hydrogens (tertiary/aromatic N) is 4. The first kappa shape index (κ1) is 16.4. The van der Waals surface area contributed by atoms with Crippen LogP contribution in [0.1, 0.15) is 37.7 Å². The zero-order valence-electron chi connectivity index (χ0n) is 11.5. The van der Waals surface area contributed by atoms with E-state index in [9.17, 15) is 8.78 Å². The number of hydrogen-bond acceptors (Lipinski definition) is 3. The van der Waals surface area contributed by atoms with Gasteiger partial charge in [0, 0.05) is 24.3 Å². The number of nitrogens with one attached hydrogen (secondary N) is 1. The first-order valence-corrected chi connectivity index (χ1v) is 6.08. The maximum Gasteiger partial charge on any atom is 0.333 e. The molecule has 0 saturated heterocycles. The molecule has 0 aliphatic carbocycles. The van der Waals surface area contributed by atoms with Crippen molar-refractivity contribution in [1.82, 2.24) is 19.6 Å². The molecule has 0 spiro atoms. The van der Waals surface area contributed by atoms with Gasteiger partial charge in [0.1, 0.15) is 0 Å². The summed E-state index contributed by atoms with van der Waals surface area (Å²) in [6, 6.07) is 0.303. The number of aryl methyl sites for hydroxylation is 1. The topological polar surface area (TPSA) is 47.7 Å². The van der Waals surface area contributed by atoms with E-state index in [0.29, 0.717) is 28.6 Å². The first-order chi connectivity index (χ1) is 8.97. The lowest BCUT2D eigenvalue weighted by Gasteiger charge is -2.04. The molecule has 0 fully saturated rings. The third-order valence-corrected chi connectivity index (χ3v) is 2.78. The number of anilines is 1. The minimum absolute atomic E-state index is 0. The van der Waals surface area contributed by atoms with Crippen LogP contribution >= 0.6 is 12.4 Å². The lowest BCUT2D eigenvalue weighted by atomic mass is 10.3. The van der Waals surface area contributed by atoms with Gasteiger partial charge in [-0.3, -0.25) is 4.68 Å². The summed E-state index contributed by atoms with van der Waals surface area (Å²) in [4.78, 5) is 0. The van der Waals surface area contributed by atoms with Gasteiger partial charge in [-0.1, -0.05) is 0 Å². The van der Waals surface area contributed by atoms with Crippen LogP contribution in [0.15, 0.2) is 18.6 Å². The minimum Gasteiger partial charge on any atom is -0.378 e. The summed E-state index contributed by atoms with van der Waals surface area (Å²) in [7, 11) is 0. The summed E-state index contributed by atoms with van der Waals surface area (Å²) >= 11 is 0. The number of hydrogen-bond donors (Lipinski definition) is 1. The average Bonchev–Trinajstić information content (AvgIpc) is 2.93. The molecule has 0 bridgehead atoms. The van der Waals surface area contributed by atoms with E-state index in [2.05, 4.69) is 15.5 Å². The summed E-state index contributed by atoms with van der Waals surface area (Å²) in [6.45, 7) is 3.70. The minimum atomic E-state index is -2.61. The molecule has 0 amide bonds. The molecule has 2 rings (SSSR count). The zero-order chi connectivity index (χ0) is 14.0. The Kier molecular flexibility index (Phi) is 5.50. The molecule has 0 unspecified atom stereocenters. The third kappa shape index (κ3) is 3.69.